The van der Waals surface area contributed by atoms with Crippen LogP contribution < -0.4 is 15.3 Å². The first-order valence-corrected chi connectivity index (χ1v) is 9.87. The lowest BCUT2D eigenvalue weighted by Crippen LogP contribution is -2.41. The first-order valence-electron chi connectivity index (χ1n) is 9.47. The van der Waals surface area contributed by atoms with Gasteiger partial charge in [0.15, 0.2) is 17.4 Å². The summed E-state index contributed by atoms with van der Waals surface area (Å²) in [7, 11) is 0. The summed E-state index contributed by atoms with van der Waals surface area (Å²) < 4.78 is 43.5. The van der Waals surface area contributed by atoms with E-state index in [1.807, 2.05) is 0 Å². The Hall–Kier alpha value is -3.38. The van der Waals surface area contributed by atoms with Crippen molar-refractivity contribution in [3.8, 4) is 11.1 Å². The number of nitrogens with two attached hydrogens (primary N) is 1. The zero-order chi connectivity index (χ0) is 24.5. The summed E-state index contributed by atoms with van der Waals surface area (Å²) in [6.45, 7) is 0.795. The number of benzene rings is 3. The molecule has 1 unspecified atom stereocenters. The number of carbonyl (C=O) groups excluding carboxylic acids is 1. The van der Waals surface area contributed by atoms with Gasteiger partial charge in [0.2, 0.25) is 5.69 Å². The first-order chi connectivity index (χ1) is 15.5. The third-order valence-electron chi connectivity index (χ3n) is 4.89. The Labute approximate surface area is 192 Å². The van der Waals surface area contributed by atoms with Crippen molar-refractivity contribution in [1.29, 1.82) is 5.41 Å². The highest BCUT2D eigenvalue weighted by Gasteiger charge is 2.30. The van der Waals surface area contributed by atoms with E-state index in [-0.39, 0.29) is 17.9 Å². The van der Waals surface area contributed by atoms with E-state index < -0.39 is 55.6 Å². The monoisotopic (exact) mass is 477 g/mol. The fraction of sp³-hybridized carbons (Fsp3) is 0.0909. The van der Waals surface area contributed by atoms with Crippen LogP contribution in [-0.2, 0) is 11.4 Å². The number of hydrogen-bond donors (Lipinski definition) is 6. The summed E-state index contributed by atoms with van der Waals surface area (Å²) in [6, 6.07) is 9.97. The summed E-state index contributed by atoms with van der Waals surface area (Å²) in [5, 5.41) is 27.7. The Morgan fingerprint density at radius 3 is 2.48 bits per heavy atom. The number of aliphatic hydroxyl groups is 1. The Morgan fingerprint density at radius 1 is 1.15 bits per heavy atom. The number of nitrogens with one attached hydrogen (secondary N) is 2. The lowest BCUT2D eigenvalue weighted by molar-refractivity contribution is -0.111. The molecule has 0 bridgehead atoms. The Morgan fingerprint density at radius 2 is 1.85 bits per heavy atom. The molecule has 11 heteroatoms. The van der Waals surface area contributed by atoms with Crippen molar-refractivity contribution in [2.45, 2.75) is 13.5 Å². The second-order valence-electron chi connectivity index (χ2n) is 7.14. The summed E-state index contributed by atoms with van der Waals surface area (Å²) in [5.41, 5.74) is 5.54. The van der Waals surface area contributed by atoms with E-state index in [0.29, 0.717) is 5.56 Å². The van der Waals surface area contributed by atoms with Gasteiger partial charge < -0.3 is 10.8 Å². The first kappa shape index (κ1) is 24.3. The second-order valence-corrected chi connectivity index (χ2v) is 7.72. The van der Waals surface area contributed by atoms with Crippen molar-refractivity contribution in [3.63, 3.8) is 0 Å². The molecular formula is C22H20F3N4O3S+. The fourth-order valence-electron chi connectivity index (χ4n) is 3.16. The number of hydrogen-bond acceptors (Lipinski definition) is 7. The molecule has 0 spiro atoms. The molecule has 0 aliphatic heterocycles. The maximum absolute atomic E-state index is 15.3. The van der Waals surface area contributed by atoms with Gasteiger partial charge in [0.05, 0.1) is 17.9 Å². The smallest absolute Gasteiger partial charge is 0.204 e. The van der Waals surface area contributed by atoms with Crippen LogP contribution in [0, 0.1) is 22.9 Å². The quantitative estimate of drug-likeness (QED) is 0.0993. The Balaban J connectivity index is 2.07. The van der Waals surface area contributed by atoms with Crippen molar-refractivity contribution in [2.75, 3.05) is 11.2 Å². The highest BCUT2D eigenvalue weighted by molar-refractivity contribution is 7.79. The molecule has 7 nitrogen and oxygen atoms in total. The molecule has 3 rings (SSSR count). The van der Waals surface area contributed by atoms with Gasteiger partial charge in [0.1, 0.15) is 30.0 Å². The third-order valence-corrected chi connectivity index (χ3v) is 5.22. The van der Waals surface area contributed by atoms with E-state index >= 15 is 4.39 Å². The van der Waals surface area contributed by atoms with Gasteiger partial charge >= 0.3 is 0 Å². The molecule has 0 saturated heterocycles. The van der Waals surface area contributed by atoms with Crippen LogP contribution in [0.3, 0.4) is 0 Å². The van der Waals surface area contributed by atoms with Crippen LogP contribution in [0.2, 0.25) is 0 Å². The minimum atomic E-state index is -1.37. The Kier molecular flexibility index (Phi) is 6.79. The van der Waals surface area contributed by atoms with Gasteiger partial charge in [-0.25, -0.2) is 13.2 Å². The van der Waals surface area contributed by atoms with Gasteiger partial charge in [-0.15, -0.1) is 0 Å². The summed E-state index contributed by atoms with van der Waals surface area (Å²) in [5.74, 6) is -4.22. The normalized spacial score (nSPS) is 12.8. The van der Waals surface area contributed by atoms with Crippen LogP contribution >= 0.6 is 12.8 Å². The summed E-state index contributed by atoms with van der Waals surface area (Å²) in [6.07, 6.45) is 0. The molecule has 0 fully saturated rings. The van der Waals surface area contributed by atoms with Crippen molar-refractivity contribution in [2.24, 2.45) is 0 Å². The molecule has 0 saturated carbocycles. The SMILES string of the molecule is CC(=O)C(=N)c1ccc(-c2c(F)ccc(N[N+](O)(S)c3cccc(CO)c3)c2F)c(F)c1N. The minimum Gasteiger partial charge on any atom is -0.396 e. The standard InChI is InChI=1S/C22H20F3N4O3S/c1-11(31)21(26)15-6-5-14(19(24)22(15)27)18-16(23)7-8-17(20(18)25)28-29(32,33)13-4-2-3-12(9-13)10-30/h2-9,26,28,30,32-33H,10,27H2,1H3/q+1. The number of nitrogen functional groups attached to an aromatic ring is 1. The predicted molar refractivity (Wildman–Crippen MR) is 122 cm³/mol. The zero-order valence-electron chi connectivity index (χ0n) is 17.2. The number of aliphatic hydroxyl groups excluding tert-OH is 1. The van der Waals surface area contributed by atoms with Gasteiger partial charge in [-0.2, -0.15) is 10.6 Å². The van der Waals surface area contributed by atoms with Crippen molar-refractivity contribution >= 4 is 41.4 Å². The number of carbonyl (C=O) groups is 1. The minimum absolute atomic E-state index is 0.109. The molecule has 6 N–H and O–H groups in total. The van der Waals surface area contributed by atoms with Crippen LogP contribution in [-0.4, -0.2) is 21.8 Å². The maximum Gasteiger partial charge on any atom is 0.204 e. The molecule has 0 amide bonds. The number of rotatable bonds is 7. The molecule has 0 heterocycles. The van der Waals surface area contributed by atoms with Crippen LogP contribution in [0.4, 0.5) is 30.2 Å². The van der Waals surface area contributed by atoms with Gasteiger partial charge in [-0.05, 0) is 23.8 Å². The number of nitrogens with zero attached hydrogens (tertiary/aromatic N) is 1. The average Bonchev–Trinajstić information content (AvgIpc) is 2.78. The number of anilines is 2. The average molecular weight is 477 g/mol. The van der Waals surface area contributed by atoms with Gasteiger partial charge in [-0.1, -0.05) is 18.2 Å². The van der Waals surface area contributed by atoms with E-state index in [1.54, 1.807) is 6.07 Å². The number of Topliss-reactive ketones (excluding diaryl/α,β-unsaturated/α-hetero) is 1. The molecule has 0 radical (unpaired) electrons. The highest BCUT2D eigenvalue weighted by atomic mass is 32.1. The number of quaternary nitrogens is 1. The molecule has 172 valence electrons. The topological polar surface area (TPSA) is 119 Å². The maximum atomic E-state index is 15.3. The molecule has 0 aromatic heterocycles. The molecule has 0 aliphatic rings. The van der Waals surface area contributed by atoms with Crippen LogP contribution in [0.15, 0.2) is 48.5 Å². The van der Waals surface area contributed by atoms with Crippen LogP contribution in [0.1, 0.15) is 18.1 Å². The zero-order valence-corrected chi connectivity index (χ0v) is 18.1. The van der Waals surface area contributed by atoms with Crippen molar-refractivity contribution in [3.05, 3.63) is 77.1 Å². The third kappa shape index (κ3) is 4.71. The highest BCUT2D eigenvalue weighted by Crippen LogP contribution is 2.36. The predicted octanol–water partition coefficient (Wildman–Crippen LogP) is 4.37. The molecule has 3 aromatic rings. The molecule has 3 aromatic carbocycles. The van der Waals surface area contributed by atoms with Crippen molar-refractivity contribution in [1.82, 2.24) is 4.16 Å². The molecule has 33 heavy (non-hydrogen) atoms. The van der Waals surface area contributed by atoms with Gasteiger partial charge in [0, 0.05) is 34.3 Å². The van der Waals surface area contributed by atoms with E-state index in [1.165, 1.54) is 18.2 Å². The summed E-state index contributed by atoms with van der Waals surface area (Å²) in [4.78, 5) is 11.4. The van der Waals surface area contributed by atoms with E-state index in [0.717, 1.165) is 31.2 Å². The van der Waals surface area contributed by atoms with E-state index in [9.17, 15) is 23.9 Å². The lowest BCUT2D eigenvalue weighted by atomic mass is 9.97. The Bertz CT molecular complexity index is 1270. The lowest BCUT2D eigenvalue weighted by Gasteiger charge is -2.24. The molecule has 1 atom stereocenters. The second kappa shape index (κ2) is 9.24. The summed E-state index contributed by atoms with van der Waals surface area (Å²) >= 11 is 4.05. The number of halogens is 3. The molecule has 0 aliphatic carbocycles. The van der Waals surface area contributed by atoms with Crippen LogP contribution in [0.25, 0.3) is 11.1 Å². The van der Waals surface area contributed by atoms with Gasteiger partial charge in [0.25, 0.3) is 0 Å². The number of thiol groups is 1. The number of ketones is 1. The van der Waals surface area contributed by atoms with Crippen LogP contribution in [0.5, 0.6) is 0 Å². The van der Waals surface area contributed by atoms with E-state index in [2.05, 4.69) is 18.2 Å². The molecular weight excluding hydrogens is 457 g/mol. The van der Waals surface area contributed by atoms with E-state index in [4.69, 9.17) is 11.1 Å². The fourth-order valence-corrected chi connectivity index (χ4v) is 3.39. The van der Waals surface area contributed by atoms with Gasteiger partial charge in [-0.3, -0.25) is 10.2 Å². The van der Waals surface area contributed by atoms with Crippen molar-refractivity contribution < 1.29 is 28.3 Å². The largest absolute Gasteiger partial charge is 0.396 e.